The lowest BCUT2D eigenvalue weighted by Gasteiger charge is -2.03. The summed E-state index contributed by atoms with van der Waals surface area (Å²) in [4.78, 5) is 3.43. The Bertz CT molecular complexity index is 483. The Kier molecular flexibility index (Phi) is 2.19. The number of fused-ring (bicyclic) bond motifs is 1. The molecule has 1 aromatic carbocycles. The Balaban J connectivity index is 2.09. The van der Waals surface area contributed by atoms with Gasteiger partial charge in [-0.15, -0.1) is 0 Å². The molecule has 0 bridgehead atoms. The molecule has 1 aliphatic rings. The van der Waals surface area contributed by atoms with Crippen LogP contribution in [0.5, 0.6) is 0 Å². The molecule has 0 saturated carbocycles. The minimum Gasteiger partial charge on any atom is -0.357 e. The first kappa shape index (κ1) is 9.25. The Morgan fingerprint density at radius 1 is 1.33 bits per heavy atom. The van der Waals surface area contributed by atoms with Crippen LogP contribution in [0, 0.1) is 0 Å². The number of halogens is 1. The van der Waals surface area contributed by atoms with Crippen LogP contribution in [0.25, 0.3) is 10.9 Å². The number of aromatic amines is 1. The third-order valence-corrected chi connectivity index (χ3v) is 3.44. The molecule has 1 atom stereocenters. The van der Waals surface area contributed by atoms with Gasteiger partial charge < -0.3 is 10.3 Å². The summed E-state index contributed by atoms with van der Waals surface area (Å²) in [6.45, 7) is 2.19. The zero-order valence-electron chi connectivity index (χ0n) is 8.39. The first-order valence-electron chi connectivity index (χ1n) is 5.32. The van der Waals surface area contributed by atoms with Crippen molar-refractivity contribution >= 4 is 22.5 Å². The van der Waals surface area contributed by atoms with E-state index in [2.05, 4.69) is 22.4 Å². The van der Waals surface area contributed by atoms with Crippen LogP contribution < -0.4 is 5.32 Å². The van der Waals surface area contributed by atoms with Gasteiger partial charge >= 0.3 is 0 Å². The van der Waals surface area contributed by atoms with Crippen molar-refractivity contribution in [2.45, 2.75) is 12.3 Å². The highest BCUT2D eigenvalue weighted by atomic mass is 35.5. The second-order valence-electron chi connectivity index (χ2n) is 4.12. The molecular formula is C12H13ClN2. The summed E-state index contributed by atoms with van der Waals surface area (Å²) >= 11 is 6.13. The maximum Gasteiger partial charge on any atom is 0.0647 e. The van der Waals surface area contributed by atoms with Crippen LogP contribution in [-0.2, 0) is 0 Å². The van der Waals surface area contributed by atoms with E-state index in [1.54, 1.807) is 0 Å². The topological polar surface area (TPSA) is 27.8 Å². The zero-order chi connectivity index (χ0) is 10.3. The predicted molar refractivity (Wildman–Crippen MR) is 63.5 cm³/mol. The summed E-state index contributed by atoms with van der Waals surface area (Å²) in [5, 5.41) is 5.40. The predicted octanol–water partition coefficient (Wildman–Crippen LogP) is 2.90. The van der Waals surface area contributed by atoms with Crippen LogP contribution in [0.4, 0.5) is 0 Å². The molecule has 15 heavy (non-hydrogen) atoms. The zero-order valence-corrected chi connectivity index (χ0v) is 9.14. The number of hydrogen-bond donors (Lipinski definition) is 2. The SMILES string of the molecule is Clc1cccc2cc(C3CCNC3)[nH]c12. The van der Waals surface area contributed by atoms with Gasteiger partial charge in [0, 0.05) is 23.5 Å². The van der Waals surface area contributed by atoms with Gasteiger partial charge in [0.25, 0.3) is 0 Å². The van der Waals surface area contributed by atoms with Gasteiger partial charge in [0.1, 0.15) is 0 Å². The summed E-state index contributed by atoms with van der Waals surface area (Å²) in [5.74, 6) is 0.619. The van der Waals surface area contributed by atoms with Gasteiger partial charge in [-0.25, -0.2) is 0 Å². The van der Waals surface area contributed by atoms with Crippen molar-refractivity contribution in [3.05, 3.63) is 35.0 Å². The average molecular weight is 221 g/mol. The number of para-hydroxylation sites is 1. The molecule has 2 heterocycles. The van der Waals surface area contributed by atoms with E-state index < -0.39 is 0 Å². The van der Waals surface area contributed by atoms with E-state index in [0.29, 0.717) is 5.92 Å². The molecule has 2 nitrogen and oxygen atoms in total. The van der Waals surface area contributed by atoms with Gasteiger partial charge in [0.05, 0.1) is 10.5 Å². The number of H-pyrrole nitrogens is 1. The third kappa shape index (κ3) is 1.54. The van der Waals surface area contributed by atoms with Crippen LogP contribution in [0.15, 0.2) is 24.3 Å². The molecule has 2 N–H and O–H groups in total. The maximum atomic E-state index is 6.13. The van der Waals surface area contributed by atoms with E-state index in [9.17, 15) is 0 Å². The van der Waals surface area contributed by atoms with Gasteiger partial charge in [0.2, 0.25) is 0 Å². The minimum absolute atomic E-state index is 0.619. The van der Waals surface area contributed by atoms with Crippen molar-refractivity contribution < 1.29 is 0 Å². The van der Waals surface area contributed by atoms with E-state index in [-0.39, 0.29) is 0 Å². The molecule has 3 rings (SSSR count). The van der Waals surface area contributed by atoms with E-state index in [0.717, 1.165) is 23.6 Å². The Morgan fingerprint density at radius 3 is 3.00 bits per heavy atom. The summed E-state index contributed by atoms with van der Waals surface area (Å²) in [6.07, 6.45) is 1.21. The Labute approximate surface area is 93.6 Å². The highest BCUT2D eigenvalue weighted by Gasteiger charge is 2.18. The number of nitrogens with one attached hydrogen (secondary N) is 2. The van der Waals surface area contributed by atoms with Crippen molar-refractivity contribution in [2.75, 3.05) is 13.1 Å². The summed E-state index contributed by atoms with van der Waals surface area (Å²) in [7, 11) is 0. The van der Waals surface area contributed by atoms with Crippen LogP contribution >= 0.6 is 11.6 Å². The highest BCUT2D eigenvalue weighted by Crippen LogP contribution is 2.28. The number of hydrogen-bond acceptors (Lipinski definition) is 1. The highest BCUT2D eigenvalue weighted by molar-refractivity contribution is 6.35. The van der Waals surface area contributed by atoms with E-state index in [4.69, 9.17) is 11.6 Å². The van der Waals surface area contributed by atoms with Gasteiger partial charge in [-0.05, 0) is 25.1 Å². The molecule has 1 fully saturated rings. The molecule has 78 valence electrons. The average Bonchev–Trinajstić information content (AvgIpc) is 2.86. The molecule has 1 aliphatic heterocycles. The molecule has 0 spiro atoms. The monoisotopic (exact) mass is 220 g/mol. The van der Waals surface area contributed by atoms with Crippen LogP contribution in [0.2, 0.25) is 5.02 Å². The van der Waals surface area contributed by atoms with Gasteiger partial charge in [-0.2, -0.15) is 0 Å². The third-order valence-electron chi connectivity index (χ3n) is 3.13. The van der Waals surface area contributed by atoms with E-state index >= 15 is 0 Å². The fourth-order valence-electron chi connectivity index (χ4n) is 2.28. The smallest absolute Gasteiger partial charge is 0.0647 e. The van der Waals surface area contributed by atoms with Crippen LogP contribution in [0.1, 0.15) is 18.0 Å². The normalized spacial score (nSPS) is 21.3. The molecule has 0 amide bonds. The van der Waals surface area contributed by atoms with Crippen molar-refractivity contribution in [2.24, 2.45) is 0 Å². The Morgan fingerprint density at radius 2 is 2.27 bits per heavy atom. The number of rotatable bonds is 1. The van der Waals surface area contributed by atoms with Crippen molar-refractivity contribution in [3.8, 4) is 0 Å². The quantitative estimate of drug-likeness (QED) is 0.760. The van der Waals surface area contributed by atoms with Gasteiger partial charge in [-0.3, -0.25) is 0 Å². The second kappa shape index (κ2) is 3.54. The lowest BCUT2D eigenvalue weighted by Crippen LogP contribution is -2.07. The van der Waals surface area contributed by atoms with Gasteiger partial charge in [-0.1, -0.05) is 23.7 Å². The molecule has 1 unspecified atom stereocenters. The molecule has 1 aromatic heterocycles. The van der Waals surface area contributed by atoms with Crippen LogP contribution in [-0.4, -0.2) is 18.1 Å². The summed E-state index contributed by atoms with van der Waals surface area (Å²) < 4.78 is 0. The molecule has 2 aromatic rings. The first-order chi connectivity index (χ1) is 7.34. The molecule has 0 radical (unpaired) electrons. The lowest BCUT2D eigenvalue weighted by atomic mass is 10.1. The molecule has 1 saturated heterocycles. The maximum absolute atomic E-state index is 6.13. The summed E-state index contributed by atoms with van der Waals surface area (Å²) in [6, 6.07) is 8.24. The second-order valence-corrected chi connectivity index (χ2v) is 4.53. The minimum atomic E-state index is 0.619. The van der Waals surface area contributed by atoms with Crippen LogP contribution in [0.3, 0.4) is 0 Å². The first-order valence-corrected chi connectivity index (χ1v) is 5.70. The van der Waals surface area contributed by atoms with Crippen molar-refractivity contribution in [1.29, 1.82) is 0 Å². The van der Waals surface area contributed by atoms with Crippen molar-refractivity contribution in [1.82, 2.24) is 10.3 Å². The number of aromatic nitrogens is 1. The molecule has 0 aliphatic carbocycles. The van der Waals surface area contributed by atoms with Crippen molar-refractivity contribution in [3.63, 3.8) is 0 Å². The fourth-order valence-corrected chi connectivity index (χ4v) is 2.51. The fraction of sp³-hybridized carbons (Fsp3) is 0.333. The standard InChI is InChI=1S/C12H13ClN2/c13-10-3-1-2-8-6-11(15-12(8)10)9-4-5-14-7-9/h1-3,6,9,14-15H,4-5,7H2. The molecular weight excluding hydrogens is 208 g/mol. The summed E-state index contributed by atoms with van der Waals surface area (Å²) in [5.41, 5.74) is 2.38. The van der Waals surface area contributed by atoms with E-state index in [1.807, 2.05) is 12.1 Å². The number of benzene rings is 1. The molecule has 3 heteroatoms. The Hall–Kier alpha value is -0.990. The lowest BCUT2D eigenvalue weighted by molar-refractivity contribution is 0.743. The van der Waals surface area contributed by atoms with E-state index in [1.165, 1.54) is 17.5 Å². The van der Waals surface area contributed by atoms with Gasteiger partial charge in [0.15, 0.2) is 0 Å². The largest absolute Gasteiger partial charge is 0.357 e.